The van der Waals surface area contributed by atoms with E-state index in [-0.39, 0.29) is 0 Å². The fourth-order valence-electron chi connectivity index (χ4n) is 2.15. The van der Waals surface area contributed by atoms with Gasteiger partial charge < -0.3 is 5.32 Å². The monoisotopic (exact) mass is 285 g/mol. The Balaban J connectivity index is 2.46. The molecule has 3 heteroatoms. The van der Waals surface area contributed by atoms with E-state index in [0.29, 0.717) is 17.2 Å². The summed E-state index contributed by atoms with van der Waals surface area (Å²) in [4.78, 5) is 1.42. The van der Waals surface area contributed by atoms with Gasteiger partial charge in [0.05, 0.1) is 0 Å². The Morgan fingerprint density at radius 3 is 2.73 bits per heavy atom. The van der Waals surface area contributed by atoms with Gasteiger partial charge in [-0.1, -0.05) is 29.8 Å². The van der Waals surface area contributed by atoms with E-state index in [1.54, 1.807) is 0 Å². The van der Waals surface area contributed by atoms with Gasteiger partial charge in [0.2, 0.25) is 0 Å². The van der Waals surface area contributed by atoms with Crippen LogP contribution in [0.5, 0.6) is 0 Å². The van der Waals surface area contributed by atoms with Crippen LogP contribution < -0.4 is 5.32 Å². The Hall–Kier alpha value is 0.01000. The lowest BCUT2D eigenvalue weighted by Crippen LogP contribution is -2.32. The van der Waals surface area contributed by atoms with Crippen LogP contribution in [0.2, 0.25) is 0 Å². The van der Waals surface area contributed by atoms with Gasteiger partial charge in [-0.3, -0.25) is 0 Å². The molecule has 3 unspecified atom stereocenters. The minimum atomic E-state index is 0.480. The van der Waals surface area contributed by atoms with Crippen LogP contribution in [0.3, 0.4) is 0 Å². The average Bonchev–Trinajstić information content (AvgIpc) is 2.21. The van der Waals surface area contributed by atoms with Crippen molar-refractivity contribution in [3.63, 3.8) is 0 Å². The normalized spacial score (nSPS) is 30.0. The number of hydrogen-bond acceptors (Lipinski definition) is 2. The zero-order valence-electron chi connectivity index (χ0n) is 9.25. The molecule has 0 fully saturated rings. The Labute approximate surface area is 104 Å². The lowest BCUT2D eigenvalue weighted by molar-refractivity contribution is 0.396. The second kappa shape index (κ2) is 4.48. The van der Waals surface area contributed by atoms with E-state index >= 15 is 0 Å². The summed E-state index contributed by atoms with van der Waals surface area (Å²) in [5.41, 5.74) is 1.43. The molecule has 1 aliphatic rings. The molecule has 0 saturated carbocycles. The molecule has 0 saturated heterocycles. The molecule has 1 aromatic rings. The fraction of sp³-hybridized carbons (Fsp3) is 0.500. The van der Waals surface area contributed by atoms with Crippen LogP contribution in [-0.2, 0) is 0 Å². The summed E-state index contributed by atoms with van der Waals surface area (Å²) in [6, 6.07) is 7.07. The first kappa shape index (κ1) is 11.5. The number of fused-ring (bicyclic) bond motifs is 1. The standard InChI is InChI=1S/C12H16BrNS/c1-7-8(2)15-11-5-4-9(13)6-10(11)12(7)14-3/h4-8,12,14H,1-3H3. The van der Waals surface area contributed by atoms with Gasteiger partial charge in [-0.2, -0.15) is 0 Å². The Morgan fingerprint density at radius 2 is 2.07 bits per heavy atom. The van der Waals surface area contributed by atoms with E-state index < -0.39 is 0 Å². The smallest absolute Gasteiger partial charge is 0.0365 e. The van der Waals surface area contributed by atoms with E-state index in [1.165, 1.54) is 14.9 Å². The molecule has 1 aromatic carbocycles. The highest BCUT2D eigenvalue weighted by atomic mass is 79.9. The van der Waals surface area contributed by atoms with Crippen molar-refractivity contribution in [2.24, 2.45) is 5.92 Å². The van der Waals surface area contributed by atoms with Gasteiger partial charge in [0.25, 0.3) is 0 Å². The third-order valence-corrected chi connectivity index (χ3v) is 5.12. The zero-order chi connectivity index (χ0) is 11.0. The number of thioether (sulfide) groups is 1. The maximum absolute atomic E-state index is 3.55. The lowest BCUT2D eigenvalue weighted by Gasteiger charge is -2.35. The Bertz CT molecular complexity index is 367. The summed E-state index contributed by atoms with van der Waals surface area (Å²) in [6.07, 6.45) is 0. The highest BCUT2D eigenvalue weighted by Gasteiger charge is 2.30. The molecule has 15 heavy (non-hydrogen) atoms. The van der Waals surface area contributed by atoms with Crippen molar-refractivity contribution in [2.45, 2.75) is 30.0 Å². The van der Waals surface area contributed by atoms with Crippen molar-refractivity contribution in [1.82, 2.24) is 5.32 Å². The Kier molecular flexibility index (Phi) is 3.43. The lowest BCUT2D eigenvalue weighted by atomic mass is 9.91. The first-order chi connectivity index (χ1) is 7.13. The van der Waals surface area contributed by atoms with Gasteiger partial charge in [0, 0.05) is 20.7 Å². The van der Waals surface area contributed by atoms with Crippen LogP contribution in [0, 0.1) is 5.92 Å². The SMILES string of the molecule is CNC1c2cc(Br)ccc2SC(C)C1C. The van der Waals surface area contributed by atoms with Crippen LogP contribution in [0.1, 0.15) is 25.5 Å². The zero-order valence-corrected chi connectivity index (χ0v) is 11.7. The van der Waals surface area contributed by atoms with Gasteiger partial charge in [-0.25, -0.2) is 0 Å². The topological polar surface area (TPSA) is 12.0 Å². The molecular weight excluding hydrogens is 270 g/mol. The van der Waals surface area contributed by atoms with Crippen LogP contribution in [0.4, 0.5) is 0 Å². The maximum Gasteiger partial charge on any atom is 0.0365 e. The number of benzene rings is 1. The third-order valence-electron chi connectivity index (χ3n) is 3.20. The first-order valence-electron chi connectivity index (χ1n) is 5.27. The van der Waals surface area contributed by atoms with E-state index in [9.17, 15) is 0 Å². The van der Waals surface area contributed by atoms with Crippen molar-refractivity contribution < 1.29 is 0 Å². The summed E-state index contributed by atoms with van der Waals surface area (Å²) >= 11 is 5.53. The minimum Gasteiger partial charge on any atom is -0.313 e. The molecule has 1 nitrogen and oxygen atoms in total. The predicted molar refractivity (Wildman–Crippen MR) is 70.4 cm³/mol. The summed E-state index contributed by atoms with van der Waals surface area (Å²) in [6.45, 7) is 4.63. The highest BCUT2D eigenvalue weighted by molar-refractivity contribution is 9.10. The van der Waals surface area contributed by atoms with E-state index in [4.69, 9.17) is 0 Å². The molecule has 1 aliphatic heterocycles. The van der Waals surface area contributed by atoms with E-state index in [1.807, 2.05) is 11.8 Å². The molecule has 82 valence electrons. The average molecular weight is 286 g/mol. The minimum absolute atomic E-state index is 0.480. The van der Waals surface area contributed by atoms with E-state index in [2.05, 4.69) is 60.3 Å². The van der Waals surface area contributed by atoms with Gasteiger partial charge in [-0.15, -0.1) is 11.8 Å². The second-order valence-corrected chi connectivity index (χ2v) is 6.47. The van der Waals surface area contributed by atoms with Crippen molar-refractivity contribution in [2.75, 3.05) is 7.05 Å². The van der Waals surface area contributed by atoms with E-state index in [0.717, 1.165) is 0 Å². The molecule has 0 amide bonds. The number of halogens is 1. The van der Waals surface area contributed by atoms with Crippen molar-refractivity contribution in [1.29, 1.82) is 0 Å². The van der Waals surface area contributed by atoms with Crippen molar-refractivity contribution in [3.05, 3.63) is 28.2 Å². The Morgan fingerprint density at radius 1 is 1.33 bits per heavy atom. The molecule has 0 spiro atoms. The van der Waals surface area contributed by atoms with Gasteiger partial charge >= 0.3 is 0 Å². The van der Waals surface area contributed by atoms with Crippen LogP contribution in [0.25, 0.3) is 0 Å². The molecule has 3 atom stereocenters. The first-order valence-corrected chi connectivity index (χ1v) is 6.94. The summed E-state index contributed by atoms with van der Waals surface area (Å²) in [5, 5.41) is 4.11. The molecule has 1 heterocycles. The van der Waals surface area contributed by atoms with Crippen LogP contribution >= 0.6 is 27.7 Å². The summed E-state index contributed by atoms with van der Waals surface area (Å²) in [5.74, 6) is 0.668. The molecule has 0 aromatic heterocycles. The quantitative estimate of drug-likeness (QED) is 0.842. The van der Waals surface area contributed by atoms with Gasteiger partial charge in [-0.05, 0) is 36.7 Å². The molecule has 2 rings (SSSR count). The van der Waals surface area contributed by atoms with Crippen molar-refractivity contribution >= 4 is 27.7 Å². The maximum atomic E-state index is 3.55. The molecular formula is C12H16BrNS. The predicted octanol–water partition coefficient (Wildman–Crippen LogP) is 3.84. The highest BCUT2D eigenvalue weighted by Crippen LogP contribution is 2.44. The summed E-state index contributed by atoms with van der Waals surface area (Å²) < 4.78 is 1.17. The fourth-order valence-corrected chi connectivity index (χ4v) is 3.77. The van der Waals surface area contributed by atoms with Gasteiger partial charge in [0.15, 0.2) is 0 Å². The van der Waals surface area contributed by atoms with Gasteiger partial charge in [0.1, 0.15) is 0 Å². The van der Waals surface area contributed by atoms with Crippen LogP contribution in [0.15, 0.2) is 27.6 Å². The number of hydrogen-bond donors (Lipinski definition) is 1. The largest absolute Gasteiger partial charge is 0.313 e. The molecule has 0 bridgehead atoms. The molecule has 0 aliphatic carbocycles. The second-order valence-electron chi connectivity index (χ2n) is 4.13. The van der Waals surface area contributed by atoms with Crippen molar-refractivity contribution in [3.8, 4) is 0 Å². The van der Waals surface area contributed by atoms with Crippen LogP contribution in [-0.4, -0.2) is 12.3 Å². The summed E-state index contributed by atoms with van der Waals surface area (Å²) in [7, 11) is 2.05. The third kappa shape index (κ3) is 2.10. The molecule has 0 radical (unpaired) electrons. The number of nitrogens with one attached hydrogen (secondary N) is 1. The number of rotatable bonds is 1. The molecule has 1 N–H and O–H groups in total.